The van der Waals surface area contributed by atoms with Crippen molar-refractivity contribution in [3.05, 3.63) is 204 Å². The van der Waals surface area contributed by atoms with E-state index in [0.29, 0.717) is 0 Å². The first kappa shape index (κ1) is 29.4. The Morgan fingerprint density at radius 1 is 0.471 bits per heavy atom. The molecule has 1 N–H and O–H groups in total. The highest BCUT2D eigenvalue weighted by atomic mass is 16.5. The van der Waals surface area contributed by atoms with Crippen molar-refractivity contribution in [2.75, 3.05) is 0 Å². The summed E-state index contributed by atoms with van der Waals surface area (Å²) in [6, 6.07) is 57.8. The van der Waals surface area contributed by atoms with Crippen molar-refractivity contribution in [3.8, 4) is 16.9 Å². The van der Waals surface area contributed by atoms with Crippen LogP contribution < -0.4 is 10.1 Å². The Balaban J connectivity index is 1.07. The van der Waals surface area contributed by atoms with Gasteiger partial charge in [0.15, 0.2) is 6.17 Å². The van der Waals surface area contributed by atoms with E-state index < -0.39 is 6.17 Å². The molecule has 0 radical (unpaired) electrons. The van der Waals surface area contributed by atoms with Gasteiger partial charge in [-0.15, -0.1) is 0 Å². The zero-order chi connectivity index (χ0) is 33.7. The van der Waals surface area contributed by atoms with Crippen LogP contribution in [-0.4, -0.2) is 23.9 Å². The molecule has 1 aliphatic carbocycles. The Morgan fingerprint density at radius 3 is 1.75 bits per heavy atom. The summed E-state index contributed by atoms with van der Waals surface area (Å²) < 4.78 is 6.65. The van der Waals surface area contributed by atoms with Crippen molar-refractivity contribution >= 4 is 38.8 Å². The molecule has 3 unspecified atom stereocenters. The minimum Gasteiger partial charge on any atom is -0.485 e. The number of aliphatic imine (C=N–C) groups is 2. The molecule has 0 saturated heterocycles. The molecule has 242 valence electrons. The molecule has 0 bridgehead atoms. The van der Waals surface area contributed by atoms with E-state index in [9.17, 15) is 0 Å². The third-order valence-electron chi connectivity index (χ3n) is 10.3. The van der Waals surface area contributed by atoms with Crippen LogP contribution in [-0.2, 0) is 0 Å². The lowest BCUT2D eigenvalue weighted by Crippen LogP contribution is -2.38. The van der Waals surface area contributed by atoms with Crippen molar-refractivity contribution in [1.82, 2.24) is 5.32 Å². The summed E-state index contributed by atoms with van der Waals surface area (Å²) in [5.41, 5.74) is 9.01. The second-order valence-electron chi connectivity index (χ2n) is 13.4. The van der Waals surface area contributed by atoms with Gasteiger partial charge in [-0.25, -0.2) is 9.98 Å². The lowest BCUT2D eigenvalue weighted by molar-refractivity contribution is 0.270. The average Bonchev–Trinajstić information content (AvgIpc) is 3.59. The monoisotopic (exact) mass is 655 g/mol. The Morgan fingerprint density at radius 2 is 1.02 bits per heavy atom. The van der Waals surface area contributed by atoms with E-state index in [4.69, 9.17) is 14.7 Å². The average molecular weight is 656 g/mol. The van der Waals surface area contributed by atoms with Gasteiger partial charge < -0.3 is 10.1 Å². The summed E-state index contributed by atoms with van der Waals surface area (Å²) in [6.07, 6.45) is 3.93. The lowest BCUT2D eigenvalue weighted by Gasteiger charge is -2.29. The maximum Gasteiger partial charge on any atom is 0.169 e. The summed E-state index contributed by atoms with van der Waals surface area (Å²) in [6.45, 7) is 0. The minimum atomic E-state index is -0.458. The first-order valence-electron chi connectivity index (χ1n) is 17.5. The molecule has 0 aromatic heterocycles. The minimum absolute atomic E-state index is 0.0801. The maximum absolute atomic E-state index is 6.65. The van der Waals surface area contributed by atoms with E-state index in [1.807, 2.05) is 24.3 Å². The molecular weight excluding hydrogens is 623 g/mol. The smallest absolute Gasteiger partial charge is 0.169 e. The Kier molecular flexibility index (Phi) is 6.98. The van der Waals surface area contributed by atoms with Gasteiger partial charge in [-0.05, 0) is 73.7 Å². The van der Waals surface area contributed by atoms with Gasteiger partial charge in [-0.2, -0.15) is 0 Å². The standard InChI is InChI=1S/C47H33N3O/c1-2-12-33(13-3-1)45-48-46(34-22-18-32(19-23-34)37-24-20-30-10-4-6-14-35(30)26-37)50-47(49-45)39-28-41(38-25-21-31-11-5-7-15-36(31)27-38)44-40-16-8-9-17-42(40)51-43(44)29-39/h1-29,43-44,47H,(H,48,49,50). The first-order valence-corrected chi connectivity index (χ1v) is 17.5. The molecule has 0 fully saturated rings. The van der Waals surface area contributed by atoms with Gasteiger partial charge in [-0.3, -0.25) is 0 Å². The summed E-state index contributed by atoms with van der Waals surface area (Å²) in [5, 5.41) is 8.50. The zero-order valence-electron chi connectivity index (χ0n) is 27.8. The molecule has 0 saturated carbocycles. The van der Waals surface area contributed by atoms with Crippen LogP contribution >= 0.6 is 0 Å². The Hall–Kier alpha value is -6.52. The molecule has 2 aliphatic heterocycles. The van der Waals surface area contributed by atoms with Crippen molar-refractivity contribution in [1.29, 1.82) is 0 Å². The summed E-state index contributed by atoms with van der Waals surface area (Å²) in [5.74, 6) is 2.60. The second-order valence-corrected chi connectivity index (χ2v) is 13.4. The Labute approximate surface area is 296 Å². The molecule has 4 nitrogen and oxygen atoms in total. The normalized spacial score (nSPS) is 19.2. The maximum atomic E-state index is 6.65. The zero-order valence-corrected chi connectivity index (χ0v) is 27.8. The predicted molar refractivity (Wildman–Crippen MR) is 209 cm³/mol. The number of ether oxygens (including phenoxy) is 1. The number of rotatable bonds is 5. The number of hydrogen-bond acceptors (Lipinski definition) is 4. The molecule has 0 spiro atoms. The highest BCUT2D eigenvalue weighted by Crippen LogP contribution is 2.49. The van der Waals surface area contributed by atoms with E-state index in [2.05, 4.69) is 157 Å². The van der Waals surface area contributed by atoms with Crippen molar-refractivity contribution < 1.29 is 4.74 Å². The number of para-hydroxylation sites is 1. The van der Waals surface area contributed by atoms with Gasteiger partial charge in [0.1, 0.15) is 23.5 Å². The number of fused-ring (bicyclic) bond motifs is 5. The molecule has 10 rings (SSSR count). The Bertz CT molecular complexity index is 2600. The largest absolute Gasteiger partial charge is 0.485 e. The SMILES string of the molecule is C1=C(C2N=C(c3ccccc3)NC(c3ccc(-c4ccc5ccccc5c4)cc3)=N2)C=C(c2ccc3ccccc3c2)C2c3ccccc3OC12. The fraction of sp³-hybridized carbons (Fsp3) is 0.0638. The van der Waals surface area contributed by atoms with Crippen LogP contribution in [0, 0.1) is 0 Å². The third kappa shape index (κ3) is 5.33. The highest BCUT2D eigenvalue weighted by Gasteiger charge is 2.39. The molecule has 3 aliphatic rings. The molecule has 7 aromatic rings. The number of benzene rings is 7. The van der Waals surface area contributed by atoms with Gasteiger partial charge in [0.2, 0.25) is 0 Å². The van der Waals surface area contributed by atoms with Gasteiger partial charge in [-0.1, -0.05) is 152 Å². The van der Waals surface area contributed by atoms with Gasteiger partial charge in [0, 0.05) is 16.7 Å². The second kappa shape index (κ2) is 12.1. The fourth-order valence-corrected chi connectivity index (χ4v) is 7.69. The highest BCUT2D eigenvalue weighted by molar-refractivity contribution is 6.16. The van der Waals surface area contributed by atoms with Gasteiger partial charge in [0.05, 0.1) is 5.92 Å². The van der Waals surface area contributed by atoms with E-state index in [1.165, 1.54) is 43.8 Å². The number of nitrogens with one attached hydrogen (secondary N) is 1. The van der Waals surface area contributed by atoms with Crippen LogP contribution in [0.5, 0.6) is 5.75 Å². The summed E-state index contributed by atoms with van der Waals surface area (Å²) >= 11 is 0. The van der Waals surface area contributed by atoms with Crippen LogP contribution in [0.15, 0.2) is 192 Å². The molecular formula is C47H33N3O. The summed E-state index contributed by atoms with van der Waals surface area (Å²) in [7, 11) is 0. The predicted octanol–water partition coefficient (Wildman–Crippen LogP) is 10.4. The molecule has 0 amide bonds. The fourth-order valence-electron chi connectivity index (χ4n) is 7.69. The molecule has 51 heavy (non-hydrogen) atoms. The summed E-state index contributed by atoms with van der Waals surface area (Å²) in [4.78, 5) is 10.5. The lowest BCUT2D eigenvalue weighted by atomic mass is 9.78. The first-order chi connectivity index (χ1) is 25.2. The third-order valence-corrected chi connectivity index (χ3v) is 10.3. The number of amidine groups is 2. The quantitative estimate of drug-likeness (QED) is 0.201. The van der Waals surface area contributed by atoms with Crippen LogP contribution in [0.1, 0.15) is 28.2 Å². The molecule has 4 heteroatoms. The number of hydrogen-bond donors (Lipinski definition) is 1. The van der Waals surface area contributed by atoms with Crippen LogP contribution in [0.4, 0.5) is 0 Å². The van der Waals surface area contributed by atoms with E-state index in [-0.39, 0.29) is 12.0 Å². The van der Waals surface area contributed by atoms with Crippen LogP contribution in [0.25, 0.3) is 38.2 Å². The van der Waals surface area contributed by atoms with Gasteiger partial charge in [0.25, 0.3) is 0 Å². The van der Waals surface area contributed by atoms with Crippen LogP contribution in [0.3, 0.4) is 0 Å². The van der Waals surface area contributed by atoms with Crippen molar-refractivity contribution in [2.24, 2.45) is 9.98 Å². The van der Waals surface area contributed by atoms with E-state index in [0.717, 1.165) is 39.7 Å². The van der Waals surface area contributed by atoms with Gasteiger partial charge >= 0.3 is 0 Å². The molecule has 7 aromatic carbocycles. The van der Waals surface area contributed by atoms with E-state index in [1.54, 1.807) is 0 Å². The van der Waals surface area contributed by atoms with Crippen molar-refractivity contribution in [3.63, 3.8) is 0 Å². The van der Waals surface area contributed by atoms with E-state index >= 15 is 0 Å². The number of nitrogens with zero attached hydrogens (tertiary/aromatic N) is 2. The van der Waals surface area contributed by atoms with Crippen LogP contribution in [0.2, 0.25) is 0 Å². The topological polar surface area (TPSA) is 46.0 Å². The molecule has 2 heterocycles. The molecule has 3 atom stereocenters. The van der Waals surface area contributed by atoms with Crippen molar-refractivity contribution in [2.45, 2.75) is 18.2 Å².